The van der Waals surface area contributed by atoms with Gasteiger partial charge in [-0.25, -0.2) is 0 Å². The van der Waals surface area contributed by atoms with Gasteiger partial charge >= 0.3 is 0 Å². The highest BCUT2D eigenvalue weighted by molar-refractivity contribution is 5.59. The Morgan fingerprint density at radius 1 is 0.909 bits per heavy atom. The van der Waals surface area contributed by atoms with E-state index in [0.29, 0.717) is 23.9 Å². The van der Waals surface area contributed by atoms with E-state index in [-0.39, 0.29) is 0 Å². The summed E-state index contributed by atoms with van der Waals surface area (Å²) in [6.45, 7) is 4.77. The maximum atomic E-state index is 5.80. The van der Waals surface area contributed by atoms with Crippen LogP contribution in [0.3, 0.4) is 0 Å². The largest absolute Gasteiger partial charge is 0.495 e. The van der Waals surface area contributed by atoms with Gasteiger partial charge in [-0.1, -0.05) is 86.1 Å². The monoisotopic (exact) mass is 440 g/mol. The molecule has 0 aliphatic carbocycles. The molecule has 172 valence electrons. The smallest absolute Gasteiger partial charge is 0.142 e. The molecule has 3 aromatic carbocycles. The van der Waals surface area contributed by atoms with Crippen LogP contribution in [0.4, 0.5) is 5.69 Å². The molecule has 0 amide bonds. The lowest BCUT2D eigenvalue weighted by Gasteiger charge is -2.59. The number of piperidine rings is 3. The summed E-state index contributed by atoms with van der Waals surface area (Å²) in [5.74, 6) is 2.70. The Bertz CT molecular complexity index is 998. The maximum absolute atomic E-state index is 5.80. The second-order valence-electron chi connectivity index (χ2n) is 9.68. The Kier molecular flexibility index (Phi) is 6.41. The number of likely N-dealkylation sites (N-methyl/N-ethyl adjacent to an activating group) is 1. The molecule has 3 aliphatic heterocycles. The summed E-state index contributed by atoms with van der Waals surface area (Å²) in [5, 5.41) is 0. The molecular formula is C30H36N2O. The zero-order valence-corrected chi connectivity index (χ0v) is 20.1. The molecule has 3 aliphatic rings. The highest BCUT2D eigenvalue weighted by atomic mass is 16.5. The minimum absolute atomic E-state index is 0.329. The van der Waals surface area contributed by atoms with Crippen LogP contribution in [0.5, 0.6) is 5.75 Å². The van der Waals surface area contributed by atoms with Crippen molar-refractivity contribution in [1.29, 1.82) is 0 Å². The molecule has 0 aromatic heterocycles. The van der Waals surface area contributed by atoms with E-state index in [0.717, 1.165) is 11.7 Å². The van der Waals surface area contributed by atoms with Crippen molar-refractivity contribution in [3.05, 3.63) is 96.1 Å². The first kappa shape index (κ1) is 22.0. The maximum Gasteiger partial charge on any atom is 0.142 e. The zero-order valence-electron chi connectivity index (χ0n) is 20.1. The number of methoxy groups -OCH3 is 1. The number of rotatable bonds is 7. The summed E-state index contributed by atoms with van der Waals surface area (Å²) < 4.78 is 5.80. The van der Waals surface area contributed by atoms with Crippen LogP contribution in [0.15, 0.2) is 84.9 Å². The van der Waals surface area contributed by atoms with Gasteiger partial charge in [0.2, 0.25) is 0 Å². The predicted molar refractivity (Wildman–Crippen MR) is 137 cm³/mol. The highest BCUT2D eigenvalue weighted by Gasteiger charge is 2.51. The molecule has 2 bridgehead atoms. The number of hydrogen-bond donors (Lipinski definition) is 0. The summed E-state index contributed by atoms with van der Waals surface area (Å²) in [4.78, 5) is 5.34. The van der Waals surface area contributed by atoms with E-state index >= 15 is 0 Å². The first-order valence-electron chi connectivity index (χ1n) is 12.4. The lowest BCUT2D eigenvalue weighted by atomic mass is 9.65. The molecule has 3 nitrogen and oxygen atoms in total. The average Bonchev–Trinajstić information content (AvgIpc) is 2.90. The average molecular weight is 441 g/mol. The molecule has 0 radical (unpaired) electrons. The van der Waals surface area contributed by atoms with E-state index < -0.39 is 0 Å². The van der Waals surface area contributed by atoms with Gasteiger partial charge in [0.05, 0.1) is 12.8 Å². The van der Waals surface area contributed by atoms with Crippen molar-refractivity contribution in [2.45, 2.75) is 37.8 Å². The van der Waals surface area contributed by atoms with Gasteiger partial charge in [-0.2, -0.15) is 0 Å². The molecular weight excluding hydrogens is 404 g/mol. The first-order chi connectivity index (χ1) is 16.2. The van der Waals surface area contributed by atoms with Crippen molar-refractivity contribution in [3.8, 4) is 5.75 Å². The molecule has 4 unspecified atom stereocenters. The molecule has 0 saturated carbocycles. The van der Waals surface area contributed by atoms with Crippen LogP contribution in [-0.4, -0.2) is 44.2 Å². The number of fused-ring (bicyclic) bond motifs is 3. The molecule has 0 spiro atoms. The first-order valence-corrected chi connectivity index (χ1v) is 12.4. The van der Waals surface area contributed by atoms with Crippen LogP contribution in [-0.2, 0) is 0 Å². The fourth-order valence-corrected chi connectivity index (χ4v) is 6.61. The molecule has 6 rings (SSSR count). The third-order valence-corrected chi connectivity index (χ3v) is 8.13. The Balaban J connectivity index is 1.64. The summed E-state index contributed by atoms with van der Waals surface area (Å²) in [7, 11) is 4.07. The van der Waals surface area contributed by atoms with Gasteiger partial charge in [-0.3, -0.25) is 4.90 Å². The van der Waals surface area contributed by atoms with E-state index in [9.17, 15) is 0 Å². The summed E-state index contributed by atoms with van der Waals surface area (Å²) >= 11 is 0. The second-order valence-corrected chi connectivity index (χ2v) is 9.68. The Morgan fingerprint density at radius 2 is 1.52 bits per heavy atom. The van der Waals surface area contributed by atoms with Gasteiger partial charge in [0.25, 0.3) is 0 Å². The van der Waals surface area contributed by atoms with Gasteiger partial charge in [0, 0.05) is 31.6 Å². The number of anilines is 1. The second kappa shape index (κ2) is 9.61. The lowest BCUT2D eigenvalue weighted by Crippen LogP contribution is -2.67. The molecule has 3 fully saturated rings. The normalized spacial score (nSPS) is 26.4. The van der Waals surface area contributed by atoms with E-state index in [1.54, 1.807) is 7.11 Å². The van der Waals surface area contributed by atoms with Crippen LogP contribution in [0, 0.1) is 11.8 Å². The molecule has 3 aromatic rings. The summed E-state index contributed by atoms with van der Waals surface area (Å²) in [5.41, 5.74) is 4.01. The Morgan fingerprint density at radius 3 is 2.12 bits per heavy atom. The van der Waals surface area contributed by atoms with E-state index in [1.807, 2.05) is 0 Å². The van der Waals surface area contributed by atoms with Crippen molar-refractivity contribution in [1.82, 2.24) is 4.90 Å². The lowest BCUT2D eigenvalue weighted by molar-refractivity contribution is -0.0263. The van der Waals surface area contributed by atoms with Gasteiger partial charge in [0.1, 0.15) is 5.75 Å². The van der Waals surface area contributed by atoms with Crippen LogP contribution >= 0.6 is 0 Å². The van der Waals surface area contributed by atoms with Crippen molar-refractivity contribution in [2.75, 3.05) is 32.1 Å². The number of nitrogens with zero attached hydrogens (tertiary/aromatic N) is 2. The number of benzene rings is 3. The zero-order chi connectivity index (χ0) is 22.8. The van der Waals surface area contributed by atoms with Crippen molar-refractivity contribution < 1.29 is 4.74 Å². The molecule has 3 heterocycles. The van der Waals surface area contributed by atoms with E-state index in [2.05, 4.69) is 109 Å². The SMILES string of the molecule is CCC1CN2CCC1C(N(C)c1ccccc1OC)[C@@H]2C(c1ccccc1)c1ccccc1. The van der Waals surface area contributed by atoms with Crippen LogP contribution in [0.1, 0.15) is 36.8 Å². The van der Waals surface area contributed by atoms with E-state index in [4.69, 9.17) is 4.74 Å². The minimum Gasteiger partial charge on any atom is -0.495 e. The highest BCUT2D eigenvalue weighted by Crippen LogP contribution is 2.48. The van der Waals surface area contributed by atoms with Gasteiger partial charge in [0.15, 0.2) is 0 Å². The third-order valence-electron chi connectivity index (χ3n) is 8.13. The standard InChI is InChI=1S/C30H36N2O/c1-4-22-21-32-20-19-25(22)29(31(2)26-17-11-12-18-27(26)33-3)30(32)28(23-13-7-5-8-14-23)24-15-9-6-10-16-24/h5-18,22,25,28-30H,4,19-21H2,1-3H3/t22?,25?,29?,30-/m0/s1. The number of para-hydroxylation sites is 2. The van der Waals surface area contributed by atoms with Crippen LogP contribution < -0.4 is 9.64 Å². The van der Waals surface area contributed by atoms with Crippen molar-refractivity contribution in [2.24, 2.45) is 11.8 Å². The van der Waals surface area contributed by atoms with Gasteiger partial charge in [-0.15, -0.1) is 0 Å². The fourth-order valence-electron chi connectivity index (χ4n) is 6.61. The van der Waals surface area contributed by atoms with Crippen LogP contribution in [0.2, 0.25) is 0 Å². The summed E-state index contributed by atoms with van der Waals surface area (Å²) in [6.07, 6.45) is 2.51. The third kappa shape index (κ3) is 4.04. The molecule has 0 N–H and O–H groups in total. The fraction of sp³-hybridized carbons (Fsp3) is 0.400. The quantitative estimate of drug-likeness (QED) is 0.444. The molecule has 5 atom stereocenters. The molecule has 3 saturated heterocycles. The number of ether oxygens (including phenoxy) is 1. The Hall–Kier alpha value is -2.78. The van der Waals surface area contributed by atoms with Crippen molar-refractivity contribution >= 4 is 5.69 Å². The topological polar surface area (TPSA) is 15.7 Å². The predicted octanol–water partition coefficient (Wildman–Crippen LogP) is 6.06. The minimum atomic E-state index is 0.329. The van der Waals surface area contributed by atoms with Gasteiger partial charge < -0.3 is 9.64 Å². The summed E-state index contributed by atoms with van der Waals surface area (Å²) in [6, 6.07) is 31.6. The van der Waals surface area contributed by atoms with E-state index in [1.165, 1.54) is 42.7 Å². The Labute approximate surface area is 199 Å². The van der Waals surface area contributed by atoms with Crippen LogP contribution in [0.25, 0.3) is 0 Å². The molecule has 3 heteroatoms. The van der Waals surface area contributed by atoms with Gasteiger partial charge in [-0.05, 0) is 48.1 Å². The van der Waals surface area contributed by atoms with Crippen molar-refractivity contribution in [3.63, 3.8) is 0 Å². The number of hydrogen-bond acceptors (Lipinski definition) is 3. The molecule has 33 heavy (non-hydrogen) atoms.